The van der Waals surface area contributed by atoms with Gasteiger partial charge in [0, 0.05) is 21.7 Å². The molecule has 0 bridgehead atoms. The molecular weight excluding hydrogens is 535 g/mol. The Hall–Kier alpha value is -2.78. The maximum absolute atomic E-state index is 13.0. The average Bonchev–Trinajstić information content (AvgIpc) is 2.76. The van der Waals surface area contributed by atoms with E-state index in [4.69, 9.17) is 34.8 Å². The summed E-state index contributed by atoms with van der Waals surface area (Å²) in [7, 11) is -3.97. The van der Waals surface area contributed by atoms with Crippen molar-refractivity contribution in [3.05, 3.63) is 80.8 Å². The van der Waals surface area contributed by atoms with E-state index in [0.29, 0.717) is 0 Å². The lowest BCUT2D eigenvalue weighted by Crippen LogP contribution is -2.34. The van der Waals surface area contributed by atoms with Crippen molar-refractivity contribution < 1.29 is 23.1 Å². The van der Waals surface area contributed by atoms with Gasteiger partial charge in [-0.1, -0.05) is 53.9 Å². The molecule has 184 valence electrons. The van der Waals surface area contributed by atoms with Gasteiger partial charge in [0.1, 0.15) is 11.0 Å². The molecule has 0 aromatic heterocycles. The summed E-state index contributed by atoms with van der Waals surface area (Å²) >= 11 is 18.1. The molecule has 0 aliphatic carbocycles. The highest BCUT2D eigenvalue weighted by Crippen LogP contribution is 2.35. The number of carbonyl (C=O) groups is 2. The molecule has 0 heterocycles. The molecule has 0 saturated heterocycles. The SMILES string of the molecule is CCC(C(=O)Nc1cc(O)c(NC(=O)c2cc(Cl)cc(Cl)c2)cc1Cl)S(=O)(=O)c1cccc(C)c1. The maximum atomic E-state index is 13.0. The Morgan fingerprint density at radius 2 is 1.60 bits per heavy atom. The van der Waals surface area contributed by atoms with E-state index in [0.717, 1.165) is 11.6 Å². The van der Waals surface area contributed by atoms with Crippen LogP contribution in [0.4, 0.5) is 11.4 Å². The highest BCUT2D eigenvalue weighted by atomic mass is 35.5. The summed E-state index contributed by atoms with van der Waals surface area (Å²) in [6.07, 6.45) is 0.0159. The Labute approximate surface area is 217 Å². The number of nitrogens with one attached hydrogen (secondary N) is 2. The molecule has 0 spiro atoms. The smallest absolute Gasteiger partial charge is 0.255 e. The quantitative estimate of drug-likeness (QED) is 0.305. The molecule has 3 rings (SSSR count). The molecular formula is C24H21Cl3N2O5S. The van der Waals surface area contributed by atoms with Crippen LogP contribution in [0.25, 0.3) is 0 Å². The normalized spacial score (nSPS) is 12.1. The van der Waals surface area contributed by atoms with Crippen LogP contribution in [0.2, 0.25) is 15.1 Å². The van der Waals surface area contributed by atoms with Crippen molar-refractivity contribution in [3.8, 4) is 5.75 Å². The zero-order chi connectivity index (χ0) is 25.9. The third-order valence-electron chi connectivity index (χ3n) is 5.07. The van der Waals surface area contributed by atoms with Crippen molar-refractivity contribution in [3.63, 3.8) is 0 Å². The minimum absolute atomic E-state index is 0.0159. The van der Waals surface area contributed by atoms with Crippen molar-refractivity contribution in [2.45, 2.75) is 30.4 Å². The standard InChI is InChI=1S/C24H21Cl3N2O5S/c1-3-22(35(33,34)17-6-4-5-13(2)7-17)24(32)28-19-12-21(30)20(11-18(19)27)29-23(31)14-8-15(25)10-16(26)9-14/h4-12,22,30H,3H2,1-2H3,(H,28,32)(H,29,31). The van der Waals surface area contributed by atoms with E-state index in [1.807, 2.05) is 0 Å². The van der Waals surface area contributed by atoms with Gasteiger partial charge in [-0.25, -0.2) is 8.42 Å². The first kappa shape index (κ1) is 26.8. The van der Waals surface area contributed by atoms with Crippen LogP contribution in [-0.4, -0.2) is 30.6 Å². The first-order valence-electron chi connectivity index (χ1n) is 10.3. The molecule has 11 heteroatoms. The van der Waals surface area contributed by atoms with Crippen LogP contribution >= 0.6 is 34.8 Å². The fourth-order valence-electron chi connectivity index (χ4n) is 3.35. The van der Waals surface area contributed by atoms with Gasteiger partial charge in [-0.2, -0.15) is 0 Å². The van der Waals surface area contributed by atoms with Crippen molar-refractivity contribution in [1.82, 2.24) is 0 Å². The van der Waals surface area contributed by atoms with E-state index in [1.165, 1.54) is 36.4 Å². The van der Waals surface area contributed by atoms with Crippen molar-refractivity contribution >= 4 is 67.8 Å². The Morgan fingerprint density at radius 3 is 2.20 bits per heavy atom. The van der Waals surface area contributed by atoms with E-state index < -0.39 is 32.7 Å². The van der Waals surface area contributed by atoms with E-state index >= 15 is 0 Å². The molecule has 1 unspecified atom stereocenters. The summed E-state index contributed by atoms with van der Waals surface area (Å²) < 4.78 is 26.1. The lowest BCUT2D eigenvalue weighted by atomic mass is 10.2. The first-order valence-corrected chi connectivity index (χ1v) is 13.0. The van der Waals surface area contributed by atoms with Gasteiger partial charge in [-0.3, -0.25) is 9.59 Å². The van der Waals surface area contributed by atoms with E-state index in [2.05, 4.69) is 10.6 Å². The average molecular weight is 556 g/mol. The Balaban J connectivity index is 1.82. The summed E-state index contributed by atoms with van der Waals surface area (Å²) in [6.45, 7) is 3.33. The number of hydrogen-bond acceptors (Lipinski definition) is 5. The highest BCUT2D eigenvalue weighted by Gasteiger charge is 2.33. The summed E-state index contributed by atoms with van der Waals surface area (Å²) in [6, 6.07) is 12.9. The number of benzene rings is 3. The van der Waals surface area contributed by atoms with Gasteiger partial charge in [-0.15, -0.1) is 0 Å². The van der Waals surface area contributed by atoms with E-state index in [-0.39, 0.29) is 43.3 Å². The number of phenols is 1. The zero-order valence-corrected chi connectivity index (χ0v) is 21.7. The molecule has 3 aromatic carbocycles. The number of carbonyl (C=O) groups excluding carboxylic acids is 2. The Morgan fingerprint density at radius 1 is 0.943 bits per heavy atom. The van der Waals surface area contributed by atoms with Crippen molar-refractivity contribution in [1.29, 1.82) is 0 Å². The predicted molar refractivity (Wildman–Crippen MR) is 139 cm³/mol. The van der Waals surface area contributed by atoms with Gasteiger partial charge in [0.05, 0.1) is 21.3 Å². The minimum Gasteiger partial charge on any atom is -0.506 e. The molecule has 0 fully saturated rings. The number of phenolic OH excluding ortho intramolecular Hbond substituents is 1. The van der Waals surface area contributed by atoms with Gasteiger partial charge >= 0.3 is 0 Å². The molecule has 0 saturated carbocycles. The molecule has 2 amide bonds. The van der Waals surface area contributed by atoms with E-state index in [9.17, 15) is 23.1 Å². The van der Waals surface area contributed by atoms with Gasteiger partial charge in [0.25, 0.3) is 5.91 Å². The predicted octanol–water partition coefficient (Wildman–Crippen LogP) is 6.10. The van der Waals surface area contributed by atoms with Crippen molar-refractivity contribution in [2.24, 2.45) is 0 Å². The molecule has 35 heavy (non-hydrogen) atoms. The fraction of sp³-hybridized carbons (Fsp3) is 0.167. The van der Waals surface area contributed by atoms with Crippen LogP contribution in [0, 0.1) is 6.92 Å². The second-order valence-corrected chi connectivity index (χ2v) is 11.1. The number of aryl methyl sites for hydroxylation is 1. The number of hydrogen-bond donors (Lipinski definition) is 3. The van der Waals surface area contributed by atoms with Crippen LogP contribution in [0.15, 0.2) is 59.5 Å². The molecule has 0 radical (unpaired) electrons. The largest absolute Gasteiger partial charge is 0.506 e. The van der Waals surface area contributed by atoms with Crippen LogP contribution in [0.5, 0.6) is 5.75 Å². The second kappa shape index (κ2) is 10.9. The first-order chi connectivity index (χ1) is 16.4. The summed E-state index contributed by atoms with van der Waals surface area (Å²) in [4.78, 5) is 25.5. The second-order valence-electron chi connectivity index (χ2n) is 7.71. The van der Waals surface area contributed by atoms with Gasteiger partial charge < -0.3 is 15.7 Å². The molecule has 0 aliphatic rings. The third kappa shape index (κ3) is 6.27. The maximum Gasteiger partial charge on any atom is 0.255 e. The lowest BCUT2D eigenvalue weighted by Gasteiger charge is -2.18. The summed E-state index contributed by atoms with van der Waals surface area (Å²) in [5, 5.41) is 14.5. The number of anilines is 2. The molecule has 3 N–H and O–H groups in total. The Kier molecular flexibility index (Phi) is 8.33. The van der Waals surface area contributed by atoms with Crippen LogP contribution in [-0.2, 0) is 14.6 Å². The van der Waals surface area contributed by atoms with Gasteiger partial charge in [0.15, 0.2) is 9.84 Å². The Bertz CT molecular complexity index is 1390. The number of amides is 2. The van der Waals surface area contributed by atoms with Crippen molar-refractivity contribution in [2.75, 3.05) is 10.6 Å². The highest BCUT2D eigenvalue weighted by molar-refractivity contribution is 7.92. The number of aromatic hydroxyl groups is 1. The molecule has 3 aromatic rings. The summed E-state index contributed by atoms with van der Waals surface area (Å²) in [5.41, 5.74) is 0.846. The monoisotopic (exact) mass is 554 g/mol. The third-order valence-corrected chi connectivity index (χ3v) is 8.03. The summed E-state index contributed by atoms with van der Waals surface area (Å²) in [5.74, 6) is -1.81. The van der Waals surface area contributed by atoms with Gasteiger partial charge in [0.2, 0.25) is 5.91 Å². The number of sulfone groups is 1. The van der Waals surface area contributed by atoms with Crippen LogP contribution < -0.4 is 10.6 Å². The number of rotatable bonds is 7. The van der Waals surface area contributed by atoms with Crippen LogP contribution in [0.1, 0.15) is 29.3 Å². The number of halogens is 3. The fourth-order valence-corrected chi connectivity index (χ4v) is 5.82. The minimum atomic E-state index is -3.97. The van der Waals surface area contributed by atoms with Crippen LogP contribution in [0.3, 0.4) is 0 Å². The molecule has 1 atom stereocenters. The zero-order valence-electron chi connectivity index (χ0n) is 18.6. The topological polar surface area (TPSA) is 113 Å². The van der Waals surface area contributed by atoms with E-state index in [1.54, 1.807) is 26.0 Å². The van der Waals surface area contributed by atoms with Gasteiger partial charge in [-0.05, 0) is 55.3 Å². The lowest BCUT2D eigenvalue weighted by molar-refractivity contribution is -0.115. The molecule has 7 nitrogen and oxygen atoms in total. The molecule has 0 aliphatic heterocycles.